The molecule has 1 rings (SSSR count). The van der Waals surface area contributed by atoms with Gasteiger partial charge in [0.2, 0.25) is 0 Å². The lowest BCUT2D eigenvalue weighted by Gasteiger charge is -2.11. The molecule has 0 saturated heterocycles. The summed E-state index contributed by atoms with van der Waals surface area (Å²) in [6, 6.07) is 4.63. The molecular formula is C10H13NO3. The van der Waals surface area contributed by atoms with Crippen molar-refractivity contribution in [3.8, 4) is 5.75 Å². The summed E-state index contributed by atoms with van der Waals surface area (Å²) in [6.07, 6.45) is 0. The molecule has 1 atom stereocenters. The zero-order valence-electron chi connectivity index (χ0n) is 8.11. The zero-order valence-corrected chi connectivity index (χ0v) is 8.11. The van der Waals surface area contributed by atoms with Gasteiger partial charge < -0.3 is 15.5 Å². The Hall–Kier alpha value is -1.55. The van der Waals surface area contributed by atoms with Crippen LogP contribution in [0, 0.1) is 0 Å². The molecule has 0 aliphatic carbocycles. The summed E-state index contributed by atoms with van der Waals surface area (Å²) in [5, 5.41) is 21.0. The number of nitrogens with one attached hydrogen (secondary N) is 1. The number of carboxylic acid groups (broad SMARTS) is 1. The first-order chi connectivity index (χ1) is 6.56. The van der Waals surface area contributed by atoms with Gasteiger partial charge in [0.05, 0.1) is 0 Å². The van der Waals surface area contributed by atoms with Crippen LogP contribution < -0.4 is 5.32 Å². The molecule has 0 aliphatic rings. The lowest BCUT2D eigenvalue weighted by atomic mass is 10.0. The first kappa shape index (κ1) is 10.5. The number of carboxylic acids is 1. The van der Waals surface area contributed by atoms with Crippen molar-refractivity contribution in [2.24, 2.45) is 0 Å². The second-order valence-corrected chi connectivity index (χ2v) is 3.09. The SMILES string of the molecule is CNC(C)c1ccc(O)c(C(=O)O)c1. The topological polar surface area (TPSA) is 69.6 Å². The quantitative estimate of drug-likeness (QED) is 0.681. The summed E-state index contributed by atoms with van der Waals surface area (Å²) >= 11 is 0. The highest BCUT2D eigenvalue weighted by Gasteiger charge is 2.12. The van der Waals surface area contributed by atoms with Crippen molar-refractivity contribution in [3.05, 3.63) is 29.3 Å². The number of hydrogen-bond donors (Lipinski definition) is 3. The van der Waals surface area contributed by atoms with E-state index in [9.17, 15) is 9.90 Å². The van der Waals surface area contributed by atoms with E-state index in [2.05, 4.69) is 5.32 Å². The highest BCUT2D eigenvalue weighted by molar-refractivity contribution is 5.90. The number of hydrogen-bond acceptors (Lipinski definition) is 3. The highest BCUT2D eigenvalue weighted by Crippen LogP contribution is 2.21. The molecule has 0 heterocycles. The van der Waals surface area contributed by atoms with Crippen molar-refractivity contribution in [1.82, 2.24) is 5.32 Å². The third-order valence-electron chi connectivity index (χ3n) is 2.18. The van der Waals surface area contributed by atoms with Gasteiger partial charge in [0.1, 0.15) is 11.3 Å². The van der Waals surface area contributed by atoms with Crippen molar-refractivity contribution >= 4 is 5.97 Å². The fraction of sp³-hybridized carbons (Fsp3) is 0.300. The molecule has 3 N–H and O–H groups in total. The number of rotatable bonds is 3. The molecule has 4 heteroatoms. The van der Waals surface area contributed by atoms with Crippen LogP contribution in [0.3, 0.4) is 0 Å². The smallest absolute Gasteiger partial charge is 0.339 e. The van der Waals surface area contributed by atoms with Gasteiger partial charge in [0.25, 0.3) is 0 Å². The van der Waals surface area contributed by atoms with E-state index >= 15 is 0 Å². The second kappa shape index (κ2) is 4.11. The molecule has 0 spiro atoms. The minimum Gasteiger partial charge on any atom is -0.507 e. The summed E-state index contributed by atoms with van der Waals surface area (Å²) in [4.78, 5) is 10.7. The Morgan fingerprint density at radius 1 is 1.50 bits per heavy atom. The van der Waals surface area contributed by atoms with Crippen LogP contribution in [0.15, 0.2) is 18.2 Å². The molecule has 1 unspecified atom stereocenters. The predicted octanol–water partition coefficient (Wildman–Crippen LogP) is 1.37. The van der Waals surface area contributed by atoms with E-state index in [0.29, 0.717) is 0 Å². The van der Waals surface area contributed by atoms with Crippen molar-refractivity contribution in [1.29, 1.82) is 0 Å². The lowest BCUT2D eigenvalue weighted by molar-refractivity contribution is 0.0693. The molecule has 14 heavy (non-hydrogen) atoms. The van der Waals surface area contributed by atoms with E-state index in [1.165, 1.54) is 12.1 Å². The van der Waals surface area contributed by atoms with Gasteiger partial charge in [-0.05, 0) is 31.7 Å². The van der Waals surface area contributed by atoms with Crippen molar-refractivity contribution in [3.63, 3.8) is 0 Å². The maximum absolute atomic E-state index is 10.7. The van der Waals surface area contributed by atoms with Crippen LogP contribution in [0.1, 0.15) is 28.9 Å². The monoisotopic (exact) mass is 195 g/mol. The van der Waals surface area contributed by atoms with Crippen LogP contribution >= 0.6 is 0 Å². The van der Waals surface area contributed by atoms with Crippen LogP contribution in [0.5, 0.6) is 5.75 Å². The summed E-state index contributed by atoms with van der Waals surface area (Å²) in [6.45, 7) is 1.91. The first-order valence-corrected chi connectivity index (χ1v) is 4.29. The highest BCUT2D eigenvalue weighted by atomic mass is 16.4. The molecule has 4 nitrogen and oxygen atoms in total. The van der Waals surface area contributed by atoms with Crippen LogP contribution in [-0.4, -0.2) is 23.2 Å². The molecule has 0 aromatic heterocycles. The zero-order chi connectivity index (χ0) is 10.7. The summed E-state index contributed by atoms with van der Waals surface area (Å²) in [7, 11) is 1.79. The van der Waals surface area contributed by atoms with Crippen LogP contribution in [-0.2, 0) is 0 Å². The molecular weight excluding hydrogens is 182 g/mol. The largest absolute Gasteiger partial charge is 0.507 e. The standard InChI is InChI=1S/C10H13NO3/c1-6(11-2)7-3-4-9(12)8(5-7)10(13)14/h3-6,11-12H,1-2H3,(H,13,14). The number of aromatic carboxylic acids is 1. The molecule has 0 saturated carbocycles. The number of benzene rings is 1. The number of phenols is 1. The van der Waals surface area contributed by atoms with Crippen molar-refractivity contribution in [2.45, 2.75) is 13.0 Å². The van der Waals surface area contributed by atoms with Gasteiger partial charge in [0.15, 0.2) is 0 Å². The van der Waals surface area contributed by atoms with Gasteiger partial charge in [-0.25, -0.2) is 4.79 Å². The molecule has 76 valence electrons. The van der Waals surface area contributed by atoms with Gasteiger partial charge in [-0.1, -0.05) is 6.07 Å². The van der Waals surface area contributed by atoms with Gasteiger partial charge in [-0.2, -0.15) is 0 Å². The fourth-order valence-corrected chi connectivity index (χ4v) is 1.16. The van der Waals surface area contributed by atoms with Crippen LogP contribution in [0.4, 0.5) is 0 Å². The molecule has 0 radical (unpaired) electrons. The Kier molecular flexibility index (Phi) is 3.09. The van der Waals surface area contributed by atoms with Gasteiger partial charge >= 0.3 is 5.97 Å². The number of aromatic hydroxyl groups is 1. The van der Waals surface area contributed by atoms with E-state index in [4.69, 9.17) is 5.11 Å². The second-order valence-electron chi connectivity index (χ2n) is 3.09. The minimum atomic E-state index is -1.12. The van der Waals surface area contributed by atoms with Crippen molar-refractivity contribution < 1.29 is 15.0 Å². The Balaban J connectivity index is 3.12. The first-order valence-electron chi connectivity index (χ1n) is 4.29. The van der Waals surface area contributed by atoms with Crippen molar-refractivity contribution in [2.75, 3.05) is 7.05 Å². The molecule has 0 bridgehead atoms. The van der Waals surface area contributed by atoms with Gasteiger partial charge in [0, 0.05) is 6.04 Å². The molecule has 1 aromatic carbocycles. The van der Waals surface area contributed by atoms with Crippen LogP contribution in [0.2, 0.25) is 0 Å². The van der Waals surface area contributed by atoms with Crippen LogP contribution in [0.25, 0.3) is 0 Å². The number of carbonyl (C=O) groups is 1. The maximum Gasteiger partial charge on any atom is 0.339 e. The van der Waals surface area contributed by atoms with E-state index < -0.39 is 5.97 Å². The van der Waals surface area contributed by atoms with Gasteiger partial charge in [-0.3, -0.25) is 0 Å². The molecule has 1 aromatic rings. The van der Waals surface area contributed by atoms with E-state index in [1.54, 1.807) is 13.1 Å². The average molecular weight is 195 g/mol. The molecule has 0 fully saturated rings. The summed E-state index contributed by atoms with van der Waals surface area (Å²) < 4.78 is 0. The molecule has 0 aliphatic heterocycles. The average Bonchev–Trinajstić information content (AvgIpc) is 2.17. The minimum absolute atomic E-state index is 0.0636. The van der Waals surface area contributed by atoms with E-state index in [1.807, 2.05) is 6.92 Å². The third kappa shape index (κ3) is 2.03. The normalized spacial score (nSPS) is 12.4. The third-order valence-corrected chi connectivity index (χ3v) is 2.18. The fourth-order valence-electron chi connectivity index (χ4n) is 1.16. The Bertz CT molecular complexity index is 349. The predicted molar refractivity (Wildman–Crippen MR) is 52.5 cm³/mol. The summed E-state index contributed by atoms with van der Waals surface area (Å²) in [5.41, 5.74) is 0.771. The summed E-state index contributed by atoms with van der Waals surface area (Å²) in [5.74, 6) is -1.32. The van der Waals surface area contributed by atoms with Gasteiger partial charge in [-0.15, -0.1) is 0 Å². The maximum atomic E-state index is 10.7. The lowest BCUT2D eigenvalue weighted by Crippen LogP contribution is -2.13. The molecule has 0 amide bonds. The van der Waals surface area contributed by atoms with E-state index in [0.717, 1.165) is 5.56 Å². The Morgan fingerprint density at radius 3 is 2.64 bits per heavy atom. The Morgan fingerprint density at radius 2 is 2.14 bits per heavy atom. The Labute approximate surface area is 82.2 Å². The van der Waals surface area contributed by atoms with E-state index in [-0.39, 0.29) is 17.4 Å².